The maximum Gasteiger partial charge on any atom is 0.377 e. The minimum absolute atomic E-state index is 0.339. The SMILES string of the molecule is CC1CCC(CNCC2CC(F)(F)C(=O)O2)C1. The molecule has 0 aromatic rings. The second-order valence-corrected chi connectivity index (χ2v) is 5.38. The smallest absolute Gasteiger partial charge is 0.377 e. The van der Waals surface area contributed by atoms with Gasteiger partial charge in [0, 0.05) is 6.54 Å². The summed E-state index contributed by atoms with van der Waals surface area (Å²) in [7, 11) is 0. The summed E-state index contributed by atoms with van der Waals surface area (Å²) in [6, 6.07) is 0. The van der Waals surface area contributed by atoms with E-state index in [9.17, 15) is 13.6 Å². The van der Waals surface area contributed by atoms with Crippen LogP contribution < -0.4 is 5.32 Å². The lowest BCUT2D eigenvalue weighted by molar-refractivity contribution is -0.159. The highest BCUT2D eigenvalue weighted by atomic mass is 19.3. The van der Waals surface area contributed by atoms with E-state index < -0.39 is 24.4 Å². The van der Waals surface area contributed by atoms with Crippen molar-refractivity contribution in [2.45, 2.75) is 44.6 Å². The van der Waals surface area contributed by atoms with Crippen molar-refractivity contribution < 1.29 is 18.3 Å². The molecule has 98 valence electrons. The van der Waals surface area contributed by atoms with Crippen LogP contribution in [0.4, 0.5) is 8.78 Å². The van der Waals surface area contributed by atoms with Crippen LogP contribution in [0.1, 0.15) is 32.6 Å². The molecule has 3 unspecified atom stereocenters. The summed E-state index contributed by atoms with van der Waals surface area (Å²) in [4.78, 5) is 10.8. The number of ether oxygens (including phenoxy) is 1. The zero-order valence-corrected chi connectivity index (χ0v) is 10.0. The van der Waals surface area contributed by atoms with E-state index in [0.717, 1.165) is 12.5 Å². The molecule has 0 radical (unpaired) electrons. The number of carbonyl (C=O) groups is 1. The first kappa shape index (κ1) is 12.7. The van der Waals surface area contributed by atoms with Crippen LogP contribution >= 0.6 is 0 Å². The van der Waals surface area contributed by atoms with E-state index in [0.29, 0.717) is 12.5 Å². The summed E-state index contributed by atoms with van der Waals surface area (Å²) in [5, 5.41) is 3.14. The molecule has 0 spiro atoms. The Hall–Kier alpha value is -0.710. The molecule has 17 heavy (non-hydrogen) atoms. The van der Waals surface area contributed by atoms with Gasteiger partial charge in [0.2, 0.25) is 0 Å². The van der Waals surface area contributed by atoms with E-state index in [1.165, 1.54) is 19.3 Å². The van der Waals surface area contributed by atoms with Crippen molar-refractivity contribution in [1.29, 1.82) is 0 Å². The molecule has 0 aromatic heterocycles. The minimum atomic E-state index is -3.28. The molecule has 2 aliphatic rings. The second kappa shape index (κ2) is 4.88. The van der Waals surface area contributed by atoms with Crippen molar-refractivity contribution in [3.63, 3.8) is 0 Å². The van der Waals surface area contributed by atoms with E-state index in [-0.39, 0.29) is 0 Å². The Morgan fingerprint density at radius 1 is 1.41 bits per heavy atom. The van der Waals surface area contributed by atoms with Gasteiger partial charge in [-0.15, -0.1) is 0 Å². The molecule has 5 heteroatoms. The van der Waals surface area contributed by atoms with Crippen molar-refractivity contribution in [2.75, 3.05) is 13.1 Å². The molecule has 0 bridgehead atoms. The van der Waals surface area contributed by atoms with Crippen molar-refractivity contribution in [2.24, 2.45) is 11.8 Å². The maximum absolute atomic E-state index is 12.9. The molecule has 1 heterocycles. The minimum Gasteiger partial charge on any atom is -0.456 e. The Bertz CT molecular complexity index is 296. The zero-order valence-electron chi connectivity index (χ0n) is 10.0. The first-order valence-electron chi connectivity index (χ1n) is 6.27. The lowest BCUT2D eigenvalue weighted by atomic mass is 10.1. The molecule has 2 fully saturated rings. The molecule has 1 saturated heterocycles. The fourth-order valence-electron chi connectivity index (χ4n) is 2.72. The van der Waals surface area contributed by atoms with Crippen LogP contribution in [0, 0.1) is 11.8 Å². The average Bonchev–Trinajstić information content (AvgIpc) is 2.73. The molecular formula is C12H19F2NO2. The summed E-state index contributed by atoms with van der Waals surface area (Å²) in [5.41, 5.74) is 0. The van der Waals surface area contributed by atoms with Crippen molar-refractivity contribution in [3.8, 4) is 0 Å². The Morgan fingerprint density at radius 2 is 2.18 bits per heavy atom. The number of hydrogen-bond acceptors (Lipinski definition) is 3. The van der Waals surface area contributed by atoms with Crippen LogP contribution in [0.25, 0.3) is 0 Å². The van der Waals surface area contributed by atoms with E-state index in [1.54, 1.807) is 0 Å². The van der Waals surface area contributed by atoms with Crippen molar-refractivity contribution in [3.05, 3.63) is 0 Å². The number of rotatable bonds is 4. The van der Waals surface area contributed by atoms with Gasteiger partial charge in [-0.3, -0.25) is 0 Å². The molecule has 1 aliphatic carbocycles. The van der Waals surface area contributed by atoms with Gasteiger partial charge in [-0.2, -0.15) is 8.78 Å². The highest BCUT2D eigenvalue weighted by molar-refractivity contribution is 5.79. The Kier molecular flexibility index (Phi) is 3.66. The molecular weight excluding hydrogens is 228 g/mol. The summed E-state index contributed by atoms with van der Waals surface area (Å²) < 4.78 is 30.3. The fourth-order valence-corrected chi connectivity index (χ4v) is 2.72. The number of esters is 1. The predicted molar refractivity (Wildman–Crippen MR) is 58.8 cm³/mol. The summed E-state index contributed by atoms with van der Waals surface area (Å²) >= 11 is 0. The van der Waals surface area contributed by atoms with Crippen LogP contribution in [0.3, 0.4) is 0 Å². The maximum atomic E-state index is 12.9. The lowest BCUT2D eigenvalue weighted by Crippen LogP contribution is -2.30. The third-order valence-electron chi connectivity index (χ3n) is 3.66. The lowest BCUT2D eigenvalue weighted by Gasteiger charge is -2.13. The average molecular weight is 247 g/mol. The van der Waals surface area contributed by atoms with E-state index in [1.807, 2.05) is 0 Å². The quantitative estimate of drug-likeness (QED) is 0.772. The molecule has 1 aliphatic heterocycles. The highest BCUT2D eigenvalue weighted by Gasteiger charge is 2.50. The molecule has 0 amide bonds. The highest BCUT2D eigenvalue weighted by Crippen LogP contribution is 2.31. The van der Waals surface area contributed by atoms with Crippen LogP contribution in [-0.2, 0) is 9.53 Å². The second-order valence-electron chi connectivity index (χ2n) is 5.38. The zero-order chi connectivity index (χ0) is 12.5. The number of cyclic esters (lactones) is 1. The first-order chi connectivity index (χ1) is 7.97. The summed E-state index contributed by atoms with van der Waals surface area (Å²) in [6.45, 7) is 3.41. The third-order valence-corrected chi connectivity index (χ3v) is 3.66. The number of halogens is 2. The fraction of sp³-hybridized carbons (Fsp3) is 0.917. The molecule has 2 rings (SSSR count). The number of carbonyl (C=O) groups excluding carboxylic acids is 1. The summed E-state index contributed by atoms with van der Waals surface area (Å²) in [6.07, 6.45) is 2.50. The monoisotopic (exact) mass is 247 g/mol. The Labute approximate surface area is 99.9 Å². The van der Waals surface area contributed by atoms with Gasteiger partial charge in [-0.25, -0.2) is 4.79 Å². The standard InChI is InChI=1S/C12H19F2NO2/c1-8-2-3-9(4-8)6-15-7-10-5-12(13,14)11(16)17-10/h8-10,15H,2-7H2,1H3. The van der Waals surface area contributed by atoms with Crippen LogP contribution in [-0.4, -0.2) is 31.1 Å². The molecule has 1 N–H and O–H groups in total. The predicted octanol–water partition coefficient (Wildman–Crippen LogP) is 1.96. The first-order valence-corrected chi connectivity index (χ1v) is 6.27. The molecule has 3 atom stereocenters. The van der Waals surface area contributed by atoms with Gasteiger partial charge in [0.15, 0.2) is 0 Å². The number of nitrogens with one attached hydrogen (secondary N) is 1. The molecule has 3 nitrogen and oxygen atoms in total. The number of alkyl halides is 2. The molecule has 0 aromatic carbocycles. The van der Waals surface area contributed by atoms with Crippen LogP contribution in [0.5, 0.6) is 0 Å². The van der Waals surface area contributed by atoms with Crippen molar-refractivity contribution in [1.82, 2.24) is 5.32 Å². The van der Waals surface area contributed by atoms with Crippen molar-refractivity contribution >= 4 is 5.97 Å². The van der Waals surface area contributed by atoms with Gasteiger partial charge in [0.25, 0.3) is 0 Å². The largest absolute Gasteiger partial charge is 0.456 e. The van der Waals surface area contributed by atoms with E-state index in [2.05, 4.69) is 17.0 Å². The van der Waals surface area contributed by atoms with E-state index >= 15 is 0 Å². The van der Waals surface area contributed by atoms with Gasteiger partial charge < -0.3 is 10.1 Å². The van der Waals surface area contributed by atoms with Gasteiger partial charge in [-0.05, 0) is 31.2 Å². The van der Waals surface area contributed by atoms with E-state index in [4.69, 9.17) is 0 Å². The van der Waals surface area contributed by atoms with Gasteiger partial charge in [0.05, 0.1) is 6.42 Å². The van der Waals surface area contributed by atoms with Gasteiger partial charge in [-0.1, -0.05) is 13.3 Å². The Balaban J connectivity index is 1.65. The normalized spacial score (nSPS) is 36.2. The number of hydrogen-bond donors (Lipinski definition) is 1. The van der Waals surface area contributed by atoms with Gasteiger partial charge in [0.1, 0.15) is 6.10 Å². The summed E-state index contributed by atoms with van der Waals surface area (Å²) in [5.74, 6) is -3.24. The topological polar surface area (TPSA) is 38.3 Å². The Morgan fingerprint density at radius 3 is 2.71 bits per heavy atom. The van der Waals surface area contributed by atoms with Crippen LogP contribution in [0.2, 0.25) is 0 Å². The van der Waals surface area contributed by atoms with Crippen LogP contribution in [0.15, 0.2) is 0 Å². The molecule has 1 saturated carbocycles. The van der Waals surface area contributed by atoms with Gasteiger partial charge >= 0.3 is 11.9 Å². The third kappa shape index (κ3) is 3.15.